The highest BCUT2D eigenvalue weighted by atomic mass is 16.5. The van der Waals surface area contributed by atoms with Crippen LogP contribution in [-0.4, -0.2) is 35.3 Å². The molecular formula is C17H16N2O4. The number of allylic oxidation sites excluding steroid dienone is 2. The molecule has 0 spiro atoms. The smallest absolute Gasteiger partial charge is 0.254 e. The molecule has 2 bridgehead atoms. The minimum atomic E-state index is -0.270. The van der Waals surface area contributed by atoms with Gasteiger partial charge in [-0.15, -0.1) is 0 Å². The number of carbonyl (C=O) groups is 2. The van der Waals surface area contributed by atoms with E-state index in [1.807, 2.05) is 12.2 Å². The fourth-order valence-electron chi connectivity index (χ4n) is 3.88. The van der Waals surface area contributed by atoms with E-state index in [4.69, 9.17) is 4.74 Å². The van der Waals surface area contributed by atoms with Gasteiger partial charge >= 0.3 is 0 Å². The van der Waals surface area contributed by atoms with Gasteiger partial charge in [0.15, 0.2) is 0 Å². The van der Waals surface area contributed by atoms with E-state index >= 15 is 0 Å². The number of hydrogen-bond donors (Lipinski definition) is 1. The number of rotatable bonds is 3. The third kappa shape index (κ3) is 1.98. The summed E-state index contributed by atoms with van der Waals surface area (Å²) in [6.45, 7) is 0. The molecule has 118 valence electrons. The highest BCUT2D eigenvalue weighted by Gasteiger charge is 2.59. The molecule has 2 aliphatic carbocycles. The summed E-state index contributed by atoms with van der Waals surface area (Å²) in [5, 5.41) is 14.8. The maximum Gasteiger partial charge on any atom is 0.254 e. The molecule has 1 N–H and O–H groups in total. The van der Waals surface area contributed by atoms with Crippen molar-refractivity contribution in [3.05, 3.63) is 35.9 Å². The van der Waals surface area contributed by atoms with Crippen LogP contribution in [0, 0.1) is 23.7 Å². The minimum absolute atomic E-state index is 0.00979. The van der Waals surface area contributed by atoms with Gasteiger partial charge < -0.3 is 9.84 Å². The first-order chi connectivity index (χ1) is 11.1. The van der Waals surface area contributed by atoms with Crippen molar-refractivity contribution in [2.45, 2.75) is 6.42 Å². The Labute approximate surface area is 133 Å². The van der Waals surface area contributed by atoms with Crippen LogP contribution in [0.1, 0.15) is 12.0 Å². The number of hydrazone groups is 1. The summed E-state index contributed by atoms with van der Waals surface area (Å²) in [6.07, 6.45) is 6.29. The Morgan fingerprint density at radius 2 is 1.87 bits per heavy atom. The highest BCUT2D eigenvalue weighted by Crippen LogP contribution is 2.52. The van der Waals surface area contributed by atoms with Gasteiger partial charge in [-0.05, 0) is 36.5 Å². The third-order valence-electron chi connectivity index (χ3n) is 4.99. The van der Waals surface area contributed by atoms with Crippen molar-refractivity contribution >= 4 is 18.0 Å². The van der Waals surface area contributed by atoms with E-state index < -0.39 is 0 Å². The lowest BCUT2D eigenvalue weighted by Gasteiger charge is -2.13. The zero-order chi connectivity index (χ0) is 16.1. The van der Waals surface area contributed by atoms with Crippen LogP contribution in [0.3, 0.4) is 0 Å². The lowest BCUT2D eigenvalue weighted by molar-refractivity contribution is -0.140. The zero-order valence-corrected chi connectivity index (χ0v) is 12.5. The number of benzene rings is 1. The van der Waals surface area contributed by atoms with Crippen molar-refractivity contribution in [1.29, 1.82) is 0 Å². The molecular weight excluding hydrogens is 296 g/mol. The molecule has 0 radical (unpaired) electrons. The molecule has 3 aliphatic rings. The van der Waals surface area contributed by atoms with Crippen molar-refractivity contribution in [2.75, 3.05) is 7.11 Å². The molecule has 1 aromatic rings. The predicted octanol–water partition coefficient (Wildman–Crippen LogP) is 1.54. The maximum atomic E-state index is 12.5. The second-order valence-corrected chi connectivity index (χ2v) is 6.16. The largest absolute Gasteiger partial charge is 0.507 e. The molecule has 6 nitrogen and oxygen atoms in total. The first kappa shape index (κ1) is 14.0. The summed E-state index contributed by atoms with van der Waals surface area (Å²) in [5.74, 6) is -0.134. The van der Waals surface area contributed by atoms with Crippen LogP contribution in [0.2, 0.25) is 0 Å². The average molecular weight is 312 g/mol. The van der Waals surface area contributed by atoms with E-state index in [1.54, 1.807) is 12.1 Å². The van der Waals surface area contributed by atoms with Gasteiger partial charge in [-0.2, -0.15) is 10.1 Å². The molecule has 1 aliphatic heterocycles. The summed E-state index contributed by atoms with van der Waals surface area (Å²) in [5.41, 5.74) is 0.392. The van der Waals surface area contributed by atoms with Crippen molar-refractivity contribution in [3.8, 4) is 11.5 Å². The normalized spacial score (nSPS) is 31.4. The van der Waals surface area contributed by atoms with Gasteiger partial charge in [0.2, 0.25) is 0 Å². The van der Waals surface area contributed by atoms with Gasteiger partial charge in [-0.1, -0.05) is 12.2 Å². The third-order valence-corrected chi connectivity index (χ3v) is 4.99. The van der Waals surface area contributed by atoms with Crippen LogP contribution >= 0.6 is 0 Å². The Hall–Kier alpha value is -2.63. The maximum absolute atomic E-state index is 12.5. The van der Waals surface area contributed by atoms with Crippen LogP contribution in [0.25, 0.3) is 0 Å². The number of carbonyl (C=O) groups excluding carboxylic acids is 2. The fourth-order valence-corrected chi connectivity index (χ4v) is 3.88. The number of phenolic OH excluding ortho intramolecular Hbond substituents is 1. The van der Waals surface area contributed by atoms with Gasteiger partial charge in [-0.25, -0.2) is 0 Å². The SMILES string of the molecule is COc1ccc(O)c(/C=N\N2C(=O)[C@H]3[C@H](C2=O)[C@H]2C=C[C@H]3C2)c1. The number of ether oxygens (including phenoxy) is 1. The molecule has 4 atom stereocenters. The second-order valence-electron chi connectivity index (χ2n) is 6.16. The first-order valence-electron chi connectivity index (χ1n) is 7.57. The van der Waals surface area contributed by atoms with Crippen molar-refractivity contribution < 1.29 is 19.4 Å². The van der Waals surface area contributed by atoms with Gasteiger partial charge in [0, 0.05) is 5.56 Å². The quantitative estimate of drug-likeness (QED) is 0.522. The Bertz CT molecular complexity index is 725. The summed E-state index contributed by atoms with van der Waals surface area (Å²) >= 11 is 0. The standard InChI is InChI=1S/C17H16N2O4/c1-23-12-4-5-13(20)11(7-12)8-18-19-16(21)14-9-2-3-10(6-9)15(14)17(19)22/h2-5,7-10,14-15,20H,6H2,1H3/b18-8-/t9-,10-,14+,15+/m0/s1. The summed E-state index contributed by atoms with van der Waals surface area (Å²) < 4.78 is 5.09. The van der Waals surface area contributed by atoms with Crippen LogP contribution < -0.4 is 4.74 Å². The molecule has 2 amide bonds. The molecule has 4 rings (SSSR count). The molecule has 1 saturated heterocycles. The van der Waals surface area contributed by atoms with Crippen molar-refractivity contribution in [2.24, 2.45) is 28.8 Å². The number of amides is 2. The Morgan fingerprint density at radius 1 is 1.22 bits per heavy atom. The van der Waals surface area contributed by atoms with Gasteiger partial charge in [0.1, 0.15) is 11.5 Å². The van der Waals surface area contributed by atoms with E-state index in [2.05, 4.69) is 5.10 Å². The zero-order valence-electron chi connectivity index (χ0n) is 12.5. The Kier molecular flexibility index (Phi) is 3.01. The predicted molar refractivity (Wildman–Crippen MR) is 81.8 cm³/mol. The van der Waals surface area contributed by atoms with E-state index in [-0.39, 0.29) is 41.2 Å². The van der Waals surface area contributed by atoms with Crippen molar-refractivity contribution in [3.63, 3.8) is 0 Å². The lowest BCUT2D eigenvalue weighted by Crippen LogP contribution is -2.28. The van der Waals surface area contributed by atoms with Crippen molar-refractivity contribution in [1.82, 2.24) is 5.01 Å². The molecule has 1 saturated carbocycles. The average Bonchev–Trinajstić information content (AvgIpc) is 3.22. The molecule has 2 fully saturated rings. The summed E-state index contributed by atoms with van der Waals surface area (Å²) in [7, 11) is 1.52. The second kappa shape index (κ2) is 4.94. The Morgan fingerprint density at radius 3 is 2.48 bits per heavy atom. The van der Waals surface area contributed by atoms with Gasteiger partial charge in [0.05, 0.1) is 25.2 Å². The highest BCUT2D eigenvalue weighted by molar-refractivity contribution is 6.06. The summed E-state index contributed by atoms with van der Waals surface area (Å²) in [4.78, 5) is 25.0. The van der Waals surface area contributed by atoms with Gasteiger partial charge in [-0.3, -0.25) is 9.59 Å². The number of nitrogens with zero attached hydrogens (tertiary/aromatic N) is 2. The molecule has 6 heteroatoms. The summed E-state index contributed by atoms with van der Waals surface area (Å²) in [6, 6.07) is 4.69. The van der Waals surface area contributed by atoms with E-state index in [0.29, 0.717) is 11.3 Å². The topological polar surface area (TPSA) is 79.2 Å². The Balaban J connectivity index is 1.60. The van der Waals surface area contributed by atoms with Crippen LogP contribution in [-0.2, 0) is 9.59 Å². The van der Waals surface area contributed by atoms with E-state index in [1.165, 1.54) is 19.4 Å². The first-order valence-corrected chi connectivity index (χ1v) is 7.57. The molecule has 1 heterocycles. The number of aromatic hydroxyl groups is 1. The fraction of sp³-hybridized carbons (Fsp3) is 0.353. The number of phenols is 1. The van der Waals surface area contributed by atoms with Crippen LogP contribution in [0.4, 0.5) is 0 Å². The molecule has 1 aromatic carbocycles. The van der Waals surface area contributed by atoms with Crippen LogP contribution in [0.15, 0.2) is 35.5 Å². The molecule has 0 aromatic heterocycles. The molecule has 0 unspecified atom stereocenters. The van der Waals surface area contributed by atoms with E-state index in [0.717, 1.165) is 11.4 Å². The molecule has 23 heavy (non-hydrogen) atoms. The van der Waals surface area contributed by atoms with Gasteiger partial charge in [0.25, 0.3) is 11.8 Å². The number of imide groups is 1. The minimum Gasteiger partial charge on any atom is -0.507 e. The van der Waals surface area contributed by atoms with E-state index in [9.17, 15) is 14.7 Å². The number of methoxy groups -OCH3 is 1. The monoisotopic (exact) mass is 312 g/mol. The number of fused-ring (bicyclic) bond motifs is 5. The number of hydrogen-bond acceptors (Lipinski definition) is 5. The lowest BCUT2D eigenvalue weighted by atomic mass is 9.85. The van der Waals surface area contributed by atoms with Crippen LogP contribution in [0.5, 0.6) is 11.5 Å².